The number of ether oxygens (including phenoxy) is 1. The van der Waals surface area contributed by atoms with Gasteiger partial charge in [0, 0.05) is 35.7 Å². The smallest absolute Gasteiger partial charge is 0.379 e. The molecule has 146 valence electrons. The Morgan fingerprint density at radius 2 is 2.15 bits per heavy atom. The Hall–Kier alpha value is -0.640. The lowest BCUT2D eigenvalue weighted by Gasteiger charge is -2.21. The van der Waals surface area contributed by atoms with Gasteiger partial charge in [0.1, 0.15) is 12.7 Å². The van der Waals surface area contributed by atoms with Crippen LogP contribution in [0.3, 0.4) is 0 Å². The van der Waals surface area contributed by atoms with Gasteiger partial charge in [-0.25, -0.2) is 4.79 Å². The first kappa shape index (κ1) is 21.7. The summed E-state index contributed by atoms with van der Waals surface area (Å²) in [4.78, 5) is 24.9. The van der Waals surface area contributed by atoms with Gasteiger partial charge in [0.25, 0.3) is 5.56 Å². The fourth-order valence-corrected chi connectivity index (χ4v) is 6.77. The number of rotatable bonds is 9. The Morgan fingerprint density at radius 3 is 2.73 bits per heavy atom. The summed E-state index contributed by atoms with van der Waals surface area (Å²) in [6.45, 7) is 6.59. The zero-order chi connectivity index (χ0) is 19.3. The third-order valence-electron chi connectivity index (χ3n) is 4.01. The standard InChI is InChI=1S/C15H23N2O6PS2/c1-10-13(15(2,3)26-25-10)23-24(20)22-9-11(21-4)5-7-17-8-6-12(18)16-14(17)19/h6,8,10-11,13H,5,7,9H2,1-4H3/p+1/t10-,11+,13+/m0/s1. The van der Waals surface area contributed by atoms with Crippen LogP contribution in [0.15, 0.2) is 21.9 Å². The Morgan fingerprint density at radius 1 is 1.42 bits per heavy atom. The van der Waals surface area contributed by atoms with Crippen LogP contribution in [0.2, 0.25) is 0 Å². The van der Waals surface area contributed by atoms with E-state index >= 15 is 0 Å². The Labute approximate surface area is 160 Å². The number of aromatic nitrogens is 2. The number of aromatic amines is 1. The van der Waals surface area contributed by atoms with Crippen molar-refractivity contribution in [1.29, 1.82) is 0 Å². The van der Waals surface area contributed by atoms with Crippen molar-refractivity contribution in [2.75, 3.05) is 13.7 Å². The van der Waals surface area contributed by atoms with Crippen molar-refractivity contribution in [3.8, 4) is 0 Å². The second-order valence-electron chi connectivity index (χ2n) is 6.48. The average molecular weight is 423 g/mol. The summed E-state index contributed by atoms with van der Waals surface area (Å²) in [6, 6.07) is 1.28. The third-order valence-corrected chi connectivity index (χ3v) is 8.57. The van der Waals surface area contributed by atoms with Gasteiger partial charge in [-0.05, 0) is 27.2 Å². The van der Waals surface area contributed by atoms with Crippen molar-refractivity contribution >= 4 is 29.8 Å². The van der Waals surface area contributed by atoms with Crippen LogP contribution in [0.1, 0.15) is 27.2 Å². The van der Waals surface area contributed by atoms with E-state index in [2.05, 4.69) is 18.8 Å². The van der Waals surface area contributed by atoms with Crippen molar-refractivity contribution in [3.05, 3.63) is 33.1 Å². The van der Waals surface area contributed by atoms with Crippen molar-refractivity contribution in [3.63, 3.8) is 0 Å². The van der Waals surface area contributed by atoms with Gasteiger partial charge < -0.3 is 9.30 Å². The normalized spacial score (nSPS) is 23.8. The van der Waals surface area contributed by atoms with Gasteiger partial charge in [-0.3, -0.25) is 9.78 Å². The second kappa shape index (κ2) is 9.52. The first-order chi connectivity index (χ1) is 12.2. The molecule has 1 N–H and O–H groups in total. The molecule has 1 unspecified atom stereocenters. The van der Waals surface area contributed by atoms with E-state index in [0.29, 0.717) is 13.0 Å². The van der Waals surface area contributed by atoms with E-state index in [9.17, 15) is 14.2 Å². The molecule has 0 aliphatic carbocycles. The summed E-state index contributed by atoms with van der Waals surface area (Å²) in [6.07, 6.45) is 1.37. The van der Waals surface area contributed by atoms with Gasteiger partial charge in [-0.1, -0.05) is 21.6 Å². The molecule has 2 rings (SSSR count). The molecule has 1 aromatic heterocycles. The molecular weight excluding hydrogens is 399 g/mol. The largest absolute Gasteiger partial charge is 0.697 e. The van der Waals surface area contributed by atoms with E-state index < -0.39 is 19.5 Å². The van der Waals surface area contributed by atoms with Crippen molar-refractivity contribution in [2.45, 2.75) is 55.9 Å². The number of H-pyrrole nitrogens is 1. The van der Waals surface area contributed by atoms with Crippen LogP contribution in [-0.4, -0.2) is 45.5 Å². The Kier molecular flexibility index (Phi) is 7.93. The molecule has 2 heterocycles. The predicted octanol–water partition coefficient (Wildman–Crippen LogP) is 2.56. The van der Waals surface area contributed by atoms with Crippen molar-refractivity contribution < 1.29 is 18.3 Å². The van der Waals surface area contributed by atoms with Crippen molar-refractivity contribution in [2.24, 2.45) is 0 Å². The highest BCUT2D eigenvalue weighted by Crippen LogP contribution is 2.54. The number of nitrogens with one attached hydrogen (secondary N) is 1. The number of nitrogens with zero attached hydrogens (tertiary/aromatic N) is 1. The first-order valence-corrected chi connectivity index (χ1v) is 11.5. The summed E-state index contributed by atoms with van der Waals surface area (Å²) < 4.78 is 29.7. The molecule has 1 aliphatic heterocycles. The highest BCUT2D eigenvalue weighted by molar-refractivity contribution is 8.77. The molecular formula is C15H24N2O6PS2+. The van der Waals surface area contributed by atoms with Crippen LogP contribution in [0.4, 0.5) is 0 Å². The maximum absolute atomic E-state index is 12.2. The minimum absolute atomic E-state index is 0.0889. The van der Waals surface area contributed by atoms with E-state index in [1.807, 2.05) is 6.92 Å². The molecule has 1 saturated heterocycles. The lowest BCUT2D eigenvalue weighted by molar-refractivity contribution is 0.0404. The fraction of sp³-hybridized carbons (Fsp3) is 0.733. The second-order valence-corrected chi connectivity index (χ2v) is 10.6. The molecule has 8 nitrogen and oxygen atoms in total. The van der Waals surface area contributed by atoms with Gasteiger partial charge >= 0.3 is 13.9 Å². The summed E-state index contributed by atoms with van der Waals surface area (Å²) in [5.74, 6) is 0. The summed E-state index contributed by atoms with van der Waals surface area (Å²) in [5, 5.41) is 0.225. The van der Waals surface area contributed by atoms with Gasteiger partial charge in [-0.15, -0.1) is 9.05 Å². The van der Waals surface area contributed by atoms with E-state index in [-0.39, 0.29) is 28.8 Å². The fourth-order valence-electron chi connectivity index (χ4n) is 2.52. The summed E-state index contributed by atoms with van der Waals surface area (Å²) >= 11 is 0. The molecule has 4 atom stereocenters. The van der Waals surface area contributed by atoms with Crippen LogP contribution in [0.5, 0.6) is 0 Å². The number of methoxy groups -OCH3 is 1. The SMILES string of the molecule is CO[C@H](CCn1ccc(=O)[nH]c1=O)CO[P+](=O)O[C@@H]1[C@H](C)SSC1(C)C. The van der Waals surface area contributed by atoms with Crippen LogP contribution in [0, 0.1) is 0 Å². The molecule has 0 aromatic carbocycles. The van der Waals surface area contributed by atoms with Gasteiger partial charge in [0.15, 0.2) is 0 Å². The molecule has 11 heteroatoms. The maximum Gasteiger partial charge on any atom is 0.697 e. The van der Waals surface area contributed by atoms with E-state index in [1.165, 1.54) is 23.9 Å². The maximum atomic E-state index is 12.2. The minimum Gasteiger partial charge on any atom is -0.379 e. The van der Waals surface area contributed by atoms with Gasteiger partial charge in [0.05, 0.1) is 10.9 Å². The highest BCUT2D eigenvalue weighted by Gasteiger charge is 2.48. The molecule has 1 aromatic rings. The zero-order valence-corrected chi connectivity index (χ0v) is 17.7. The highest BCUT2D eigenvalue weighted by atomic mass is 33.1. The van der Waals surface area contributed by atoms with E-state index in [1.54, 1.807) is 21.6 Å². The molecule has 26 heavy (non-hydrogen) atoms. The van der Waals surface area contributed by atoms with Gasteiger partial charge in [0.2, 0.25) is 0 Å². The van der Waals surface area contributed by atoms with Crippen LogP contribution >= 0.6 is 29.8 Å². The lowest BCUT2D eigenvalue weighted by Crippen LogP contribution is -2.35. The lowest BCUT2D eigenvalue weighted by atomic mass is 10.0. The molecule has 0 saturated carbocycles. The van der Waals surface area contributed by atoms with E-state index in [0.717, 1.165) is 0 Å². The molecule has 1 fully saturated rings. The molecule has 0 amide bonds. The topological polar surface area (TPSA) is 99.6 Å². The Balaban J connectivity index is 1.81. The van der Waals surface area contributed by atoms with Crippen LogP contribution in [-0.2, 0) is 24.9 Å². The molecule has 1 aliphatic rings. The van der Waals surface area contributed by atoms with Crippen LogP contribution in [0.25, 0.3) is 0 Å². The summed E-state index contributed by atoms with van der Waals surface area (Å²) in [7, 11) is 2.69. The number of aryl methyl sites for hydroxylation is 1. The first-order valence-electron chi connectivity index (χ1n) is 8.17. The van der Waals surface area contributed by atoms with Gasteiger partial charge in [-0.2, -0.15) is 0 Å². The molecule has 0 bridgehead atoms. The molecule has 0 spiro atoms. The number of hydrogen-bond acceptors (Lipinski definition) is 8. The zero-order valence-electron chi connectivity index (χ0n) is 15.2. The van der Waals surface area contributed by atoms with Crippen molar-refractivity contribution in [1.82, 2.24) is 9.55 Å². The monoisotopic (exact) mass is 423 g/mol. The number of hydrogen-bond donors (Lipinski definition) is 1. The average Bonchev–Trinajstić information content (AvgIpc) is 2.83. The van der Waals surface area contributed by atoms with E-state index in [4.69, 9.17) is 13.8 Å². The quantitative estimate of drug-likeness (QED) is 0.478. The Bertz CT molecular complexity index is 737. The van der Waals surface area contributed by atoms with Crippen LogP contribution < -0.4 is 11.2 Å². The summed E-state index contributed by atoms with van der Waals surface area (Å²) in [5.41, 5.74) is -0.914. The predicted molar refractivity (Wildman–Crippen MR) is 104 cm³/mol. The molecule has 0 radical (unpaired) electrons. The third kappa shape index (κ3) is 5.94. The minimum atomic E-state index is -2.26.